The van der Waals surface area contributed by atoms with Gasteiger partial charge in [0.25, 0.3) is 5.91 Å². The first-order chi connectivity index (χ1) is 9.19. The maximum absolute atomic E-state index is 12.2. The van der Waals surface area contributed by atoms with E-state index in [4.69, 9.17) is 9.47 Å². The number of likely N-dealkylation sites (tertiary alicyclic amines) is 1. The SMILES string of the molecule is O=C(c1ccc(=O)[nH]c1)N1CCC2(CC1)OCCO2. The van der Waals surface area contributed by atoms with E-state index in [9.17, 15) is 9.59 Å². The highest BCUT2D eigenvalue weighted by molar-refractivity contribution is 5.93. The Labute approximate surface area is 110 Å². The van der Waals surface area contributed by atoms with Crippen LogP contribution in [-0.4, -0.2) is 47.9 Å². The van der Waals surface area contributed by atoms with E-state index in [1.165, 1.54) is 12.3 Å². The molecule has 0 radical (unpaired) electrons. The number of carbonyl (C=O) groups excluding carboxylic acids is 1. The third-order valence-electron chi connectivity index (χ3n) is 3.66. The Balaban J connectivity index is 1.66. The van der Waals surface area contributed by atoms with Crippen LogP contribution in [0.15, 0.2) is 23.1 Å². The zero-order valence-electron chi connectivity index (χ0n) is 10.6. The van der Waals surface area contributed by atoms with Crippen molar-refractivity contribution < 1.29 is 14.3 Å². The van der Waals surface area contributed by atoms with E-state index in [2.05, 4.69) is 4.98 Å². The average molecular weight is 264 g/mol. The highest BCUT2D eigenvalue weighted by Crippen LogP contribution is 2.31. The molecular formula is C13H16N2O4. The van der Waals surface area contributed by atoms with Gasteiger partial charge in [0.15, 0.2) is 5.79 Å². The maximum Gasteiger partial charge on any atom is 0.255 e. The van der Waals surface area contributed by atoms with Crippen LogP contribution in [0.3, 0.4) is 0 Å². The van der Waals surface area contributed by atoms with Crippen LogP contribution in [0.25, 0.3) is 0 Å². The van der Waals surface area contributed by atoms with Crippen molar-refractivity contribution in [3.8, 4) is 0 Å². The number of rotatable bonds is 1. The number of hydrogen-bond donors (Lipinski definition) is 1. The van der Waals surface area contributed by atoms with Crippen molar-refractivity contribution in [1.29, 1.82) is 0 Å². The molecule has 102 valence electrons. The lowest BCUT2D eigenvalue weighted by Crippen LogP contribution is -2.47. The first kappa shape index (κ1) is 12.4. The molecule has 2 aliphatic rings. The van der Waals surface area contributed by atoms with Gasteiger partial charge in [-0.05, 0) is 6.07 Å². The van der Waals surface area contributed by atoms with Crippen LogP contribution < -0.4 is 5.56 Å². The summed E-state index contributed by atoms with van der Waals surface area (Å²) in [4.78, 5) is 27.5. The fourth-order valence-electron chi connectivity index (χ4n) is 2.56. The molecule has 3 heterocycles. The van der Waals surface area contributed by atoms with Crippen LogP contribution in [0.1, 0.15) is 23.2 Å². The largest absolute Gasteiger partial charge is 0.347 e. The molecule has 0 atom stereocenters. The minimum absolute atomic E-state index is 0.0657. The Hall–Kier alpha value is -1.66. The van der Waals surface area contributed by atoms with E-state index in [-0.39, 0.29) is 11.5 Å². The zero-order valence-corrected chi connectivity index (χ0v) is 10.6. The topological polar surface area (TPSA) is 71.6 Å². The molecule has 2 fully saturated rings. The van der Waals surface area contributed by atoms with Gasteiger partial charge < -0.3 is 19.4 Å². The van der Waals surface area contributed by atoms with Crippen LogP contribution >= 0.6 is 0 Å². The van der Waals surface area contributed by atoms with E-state index < -0.39 is 5.79 Å². The molecule has 0 unspecified atom stereocenters. The Morgan fingerprint density at radius 2 is 1.89 bits per heavy atom. The lowest BCUT2D eigenvalue weighted by molar-refractivity contribution is -0.181. The van der Waals surface area contributed by atoms with Crippen molar-refractivity contribution in [2.75, 3.05) is 26.3 Å². The van der Waals surface area contributed by atoms with Gasteiger partial charge in [-0.2, -0.15) is 0 Å². The maximum atomic E-state index is 12.2. The highest BCUT2D eigenvalue weighted by atomic mass is 16.7. The number of amides is 1. The molecule has 6 heteroatoms. The van der Waals surface area contributed by atoms with Gasteiger partial charge in [0, 0.05) is 38.2 Å². The molecule has 0 aromatic carbocycles. The summed E-state index contributed by atoms with van der Waals surface area (Å²) >= 11 is 0. The van der Waals surface area contributed by atoms with Crippen molar-refractivity contribution in [2.45, 2.75) is 18.6 Å². The Bertz CT molecular complexity index is 503. The summed E-state index contributed by atoms with van der Waals surface area (Å²) in [7, 11) is 0. The number of aromatic nitrogens is 1. The standard InChI is InChI=1S/C13H16N2O4/c16-11-2-1-10(9-14-11)12(17)15-5-3-13(4-6-15)18-7-8-19-13/h1-2,9H,3-8H2,(H,14,16). The highest BCUT2D eigenvalue weighted by Gasteiger charge is 2.40. The molecule has 1 spiro atoms. The number of pyridine rings is 1. The Kier molecular flexibility index (Phi) is 3.12. The molecule has 1 aromatic heterocycles. The summed E-state index contributed by atoms with van der Waals surface area (Å²) < 4.78 is 11.2. The molecular weight excluding hydrogens is 248 g/mol. The predicted molar refractivity (Wildman–Crippen MR) is 66.8 cm³/mol. The quantitative estimate of drug-likeness (QED) is 0.794. The van der Waals surface area contributed by atoms with Gasteiger partial charge in [-0.3, -0.25) is 9.59 Å². The van der Waals surface area contributed by atoms with Crippen LogP contribution in [-0.2, 0) is 9.47 Å². The van der Waals surface area contributed by atoms with E-state index >= 15 is 0 Å². The number of ether oxygens (including phenoxy) is 2. The lowest BCUT2D eigenvalue weighted by atomic mass is 10.0. The predicted octanol–water partition coefficient (Wildman–Crippen LogP) is 0.354. The summed E-state index contributed by atoms with van der Waals surface area (Å²) in [5, 5.41) is 0. The van der Waals surface area contributed by atoms with E-state index in [0.29, 0.717) is 44.7 Å². The van der Waals surface area contributed by atoms with Crippen molar-refractivity contribution in [3.05, 3.63) is 34.2 Å². The van der Waals surface area contributed by atoms with Crippen LogP contribution in [0.5, 0.6) is 0 Å². The molecule has 2 aliphatic heterocycles. The zero-order chi connectivity index (χ0) is 13.3. The normalized spacial score (nSPS) is 21.8. The second-order valence-corrected chi connectivity index (χ2v) is 4.84. The third-order valence-corrected chi connectivity index (χ3v) is 3.66. The number of aromatic amines is 1. The molecule has 1 aromatic rings. The second-order valence-electron chi connectivity index (χ2n) is 4.84. The lowest BCUT2D eigenvalue weighted by Gasteiger charge is -2.37. The van der Waals surface area contributed by atoms with Crippen molar-refractivity contribution >= 4 is 5.91 Å². The molecule has 0 bridgehead atoms. The molecule has 1 amide bonds. The first-order valence-corrected chi connectivity index (χ1v) is 6.45. The Morgan fingerprint density at radius 1 is 1.21 bits per heavy atom. The van der Waals surface area contributed by atoms with E-state index in [0.717, 1.165) is 0 Å². The molecule has 0 saturated carbocycles. The van der Waals surface area contributed by atoms with Gasteiger partial charge in [0.1, 0.15) is 0 Å². The van der Waals surface area contributed by atoms with E-state index in [1.807, 2.05) is 0 Å². The summed E-state index contributed by atoms with van der Waals surface area (Å²) in [6.45, 7) is 2.48. The third kappa shape index (κ3) is 2.41. The van der Waals surface area contributed by atoms with Crippen LogP contribution in [0.4, 0.5) is 0 Å². The number of carbonyl (C=O) groups is 1. The smallest absolute Gasteiger partial charge is 0.255 e. The summed E-state index contributed by atoms with van der Waals surface area (Å²) in [6, 6.07) is 2.91. The average Bonchev–Trinajstić information content (AvgIpc) is 2.88. The summed E-state index contributed by atoms with van der Waals surface area (Å²) in [5.41, 5.74) is 0.297. The molecule has 2 saturated heterocycles. The fourth-order valence-corrected chi connectivity index (χ4v) is 2.56. The summed E-state index contributed by atoms with van der Waals surface area (Å²) in [5.74, 6) is -0.536. The Morgan fingerprint density at radius 3 is 2.47 bits per heavy atom. The van der Waals surface area contributed by atoms with E-state index in [1.54, 1.807) is 11.0 Å². The monoisotopic (exact) mass is 264 g/mol. The summed E-state index contributed by atoms with van der Waals surface area (Å²) in [6.07, 6.45) is 2.85. The molecule has 3 rings (SSSR count). The number of H-pyrrole nitrogens is 1. The molecule has 19 heavy (non-hydrogen) atoms. The van der Waals surface area contributed by atoms with Crippen molar-refractivity contribution in [3.63, 3.8) is 0 Å². The number of nitrogens with one attached hydrogen (secondary N) is 1. The molecule has 1 N–H and O–H groups in total. The van der Waals surface area contributed by atoms with Crippen LogP contribution in [0, 0.1) is 0 Å². The molecule has 0 aliphatic carbocycles. The van der Waals surface area contributed by atoms with Gasteiger partial charge >= 0.3 is 0 Å². The number of hydrogen-bond acceptors (Lipinski definition) is 4. The van der Waals surface area contributed by atoms with Crippen LogP contribution in [0.2, 0.25) is 0 Å². The van der Waals surface area contributed by atoms with Gasteiger partial charge in [0.2, 0.25) is 5.56 Å². The molecule has 6 nitrogen and oxygen atoms in total. The van der Waals surface area contributed by atoms with Gasteiger partial charge in [0.05, 0.1) is 18.8 Å². The first-order valence-electron chi connectivity index (χ1n) is 6.45. The van der Waals surface area contributed by atoms with Gasteiger partial charge in [-0.1, -0.05) is 0 Å². The van der Waals surface area contributed by atoms with Crippen molar-refractivity contribution in [2.24, 2.45) is 0 Å². The van der Waals surface area contributed by atoms with Gasteiger partial charge in [-0.15, -0.1) is 0 Å². The minimum atomic E-state index is -0.470. The van der Waals surface area contributed by atoms with Crippen molar-refractivity contribution in [1.82, 2.24) is 9.88 Å². The number of piperidine rings is 1. The fraction of sp³-hybridized carbons (Fsp3) is 0.538. The minimum Gasteiger partial charge on any atom is -0.347 e. The number of nitrogens with zero attached hydrogens (tertiary/aromatic N) is 1. The second kappa shape index (κ2) is 4.79. The van der Waals surface area contributed by atoms with Gasteiger partial charge in [-0.25, -0.2) is 0 Å².